The Hall–Kier alpha value is -0.920. The fourth-order valence-electron chi connectivity index (χ4n) is 1.93. The van der Waals surface area contributed by atoms with Crippen molar-refractivity contribution in [1.82, 2.24) is 0 Å². The minimum Gasteiger partial charge on any atom is -0.285 e. The van der Waals surface area contributed by atoms with Crippen LogP contribution in [0.2, 0.25) is 0 Å². The molecule has 0 aliphatic heterocycles. The van der Waals surface area contributed by atoms with Crippen LogP contribution in [0.4, 0.5) is 0 Å². The van der Waals surface area contributed by atoms with Gasteiger partial charge < -0.3 is 0 Å². The third kappa shape index (κ3) is 2.36. The summed E-state index contributed by atoms with van der Waals surface area (Å²) in [6.45, 7) is 12.2. The summed E-state index contributed by atoms with van der Waals surface area (Å²) in [5, 5.41) is 0. The molecular formula is C13H20O2. The standard InChI is InChI=1S/C13H20O2/c1-12(2,3)7-8-9(13(4,5)6)11(15)10(8)14/h7H2,1-6H3. The Labute approximate surface area is 91.0 Å². The summed E-state index contributed by atoms with van der Waals surface area (Å²) in [6.07, 6.45) is 0.699. The second-order valence-electron chi connectivity index (χ2n) is 6.50. The van der Waals surface area contributed by atoms with E-state index < -0.39 is 0 Å². The van der Waals surface area contributed by atoms with Gasteiger partial charge in [0, 0.05) is 11.1 Å². The molecule has 15 heavy (non-hydrogen) atoms. The van der Waals surface area contributed by atoms with Crippen molar-refractivity contribution in [3.63, 3.8) is 0 Å². The van der Waals surface area contributed by atoms with Gasteiger partial charge >= 0.3 is 0 Å². The first-order valence-electron chi connectivity index (χ1n) is 5.37. The number of hydrogen-bond donors (Lipinski definition) is 0. The van der Waals surface area contributed by atoms with Crippen LogP contribution in [0.3, 0.4) is 0 Å². The minimum atomic E-state index is -0.276. The van der Waals surface area contributed by atoms with Gasteiger partial charge in [0.05, 0.1) is 0 Å². The second-order valence-corrected chi connectivity index (χ2v) is 6.50. The maximum absolute atomic E-state index is 11.5. The highest BCUT2D eigenvalue weighted by Crippen LogP contribution is 2.27. The van der Waals surface area contributed by atoms with Crippen LogP contribution in [-0.4, -0.2) is 0 Å². The maximum Gasteiger partial charge on any atom is 0.230 e. The van der Waals surface area contributed by atoms with E-state index in [0.717, 1.165) is 11.1 Å². The van der Waals surface area contributed by atoms with Gasteiger partial charge in [-0.25, -0.2) is 0 Å². The lowest BCUT2D eigenvalue weighted by Crippen LogP contribution is -2.46. The van der Waals surface area contributed by atoms with Crippen molar-refractivity contribution in [3.8, 4) is 0 Å². The van der Waals surface area contributed by atoms with Gasteiger partial charge in [0.15, 0.2) is 0 Å². The molecule has 0 spiro atoms. The van der Waals surface area contributed by atoms with E-state index in [-0.39, 0.29) is 21.7 Å². The first kappa shape index (κ1) is 12.2. The first-order valence-corrected chi connectivity index (χ1v) is 5.37. The molecule has 0 heterocycles. The zero-order valence-corrected chi connectivity index (χ0v) is 10.5. The monoisotopic (exact) mass is 208 g/mol. The van der Waals surface area contributed by atoms with Gasteiger partial charge in [-0.05, 0) is 17.3 Å². The highest BCUT2D eigenvalue weighted by molar-refractivity contribution is 5.38. The summed E-state index contributed by atoms with van der Waals surface area (Å²) in [4.78, 5) is 23.0. The van der Waals surface area contributed by atoms with Gasteiger partial charge in [-0.3, -0.25) is 9.59 Å². The summed E-state index contributed by atoms with van der Waals surface area (Å²) < 4.78 is 0. The number of rotatable bonds is 1. The summed E-state index contributed by atoms with van der Waals surface area (Å²) >= 11 is 0. The van der Waals surface area contributed by atoms with Crippen LogP contribution < -0.4 is 10.9 Å². The van der Waals surface area contributed by atoms with E-state index >= 15 is 0 Å². The van der Waals surface area contributed by atoms with E-state index in [1.165, 1.54) is 0 Å². The molecule has 0 atom stereocenters. The van der Waals surface area contributed by atoms with E-state index in [1.807, 2.05) is 20.8 Å². The van der Waals surface area contributed by atoms with Gasteiger partial charge in [0.1, 0.15) is 0 Å². The maximum atomic E-state index is 11.5. The Morgan fingerprint density at radius 1 is 0.867 bits per heavy atom. The summed E-state index contributed by atoms with van der Waals surface area (Å²) in [7, 11) is 0. The van der Waals surface area contributed by atoms with Crippen molar-refractivity contribution >= 4 is 0 Å². The van der Waals surface area contributed by atoms with Crippen molar-refractivity contribution in [2.75, 3.05) is 0 Å². The average molecular weight is 208 g/mol. The molecule has 0 amide bonds. The van der Waals surface area contributed by atoms with Crippen LogP contribution in [0, 0.1) is 5.41 Å². The van der Waals surface area contributed by atoms with Crippen LogP contribution in [0.1, 0.15) is 52.7 Å². The molecule has 0 fully saturated rings. The molecule has 0 saturated carbocycles. The van der Waals surface area contributed by atoms with Gasteiger partial charge in [-0.2, -0.15) is 0 Å². The quantitative estimate of drug-likeness (QED) is 0.663. The second kappa shape index (κ2) is 3.29. The van der Waals surface area contributed by atoms with Crippen molar-refractivity contribution in [2.45, 2.75) is 53.4 Å². The molecule has 1 aromatic rings. The minimum absolute atomic E-state index is 0.0577. The molecule has 0 bridgehead atoms. The smallest absolute Gasteiger partial charge is 0.230 e. The van der Waals surface area contributed by atoms with Gasteiger partial charge in [-0.1, -0.05) is 41.5 Å². The van der Waals surface area contributed by atoms with Crippen LogP contribution in [0.15, 0.2) is 9.59 Å². The Balaban J connectivity index is 3.18. The first-order chi connectivity index (χ1) is 6.54. The molecule has 1 aromatic carbocycles. The van der Waals surface area contributed by atoms with Crippen molar-refractivity contribution in [2.24, 2.45) is 5.41 Å². The topological polar surface area (TPSA) is 34.1 Å². The van der Waals surface area contributed by atoms with E-state index in [4.69, 9.17) is 0 Å². The molecular weight excluding hydrogens is 188 g/mol. The summed E-state index contributed by atoms with van der Waals surface area (Å²) in [5.74, 6) is 0. The molecule has 0 N–H and O–H groups in total. The van der Waals surface area contributed by atoms with E-state index in [0.29, 0.717) is 6.42 Å². The molecule has 1 rings (SSSR count). The zero-order valence-electron chi connectivity index (χ0n) is 10.5. The fraction of sp³-hybridized carbons (Fsp3) is 0.692. The lowest BCUT2D eigenvalue weighted by Gasteiger charge is -2.27. The third-order valence-corrected chi connectivity index (χ3v) is 2.47. The van der Waals surface area contributed by atoms with Gasteiger partial charge in [0.25, 0.3) is 0 Å². The lowest BCUT2D eigenvalue weighted by molar-refractivity contribution is 0.401. The highest BCUT2D eigenvalue weighted by atomic mass is 16.2. The molecule has 0 aromatic heterocycles. The van der Waals surface area contributed by atoms with E-state index in [1.54, 1.807) is 0 Å². The average Bonchev–Trinajstić information content (AvgIpc) is 1.98. The molecule has 84 valence electrons. The van der Waals surface area contributed by atoms with Crippen molar-refractivity contribution < 1.29 is 0 Å². The van der Waals surface area contributed by atoms with E-state index in [9.17, 15) is 9.59 Å². The Morgan fingerprint density at radius 2 is 1.33 bits per heavy atom. The summed E-state index contributed by atoms with van der Waals surface area (Å²) in [5.41, 5.74) is 0.798. The van der Waals surface area contributed by atoms with Crippen LogP contribution in [-0.2, 0) is 11.8 Å². The van der Waals surface area contributed by atoms with Crippen LogP contribution >= 0.6 is 0 Å². The molecule has 0 radical (unpaired) electrons. The Kier molecular flexibility index (Phi) is 2.67. The Bertz CT molecular complexity index is 432. The van der Waals surface area contributed by atoms with Crippen molar-refractivity contribution in [1.29, 1.82) is 0 Å². The molecule has 0 aliphatic carbocycles. The normalized spacial score (nSPS) is 13.5. The number of hydrogen-bond acceptors (Lipinski definition) is 2. The molecule has 2 nitrogen and oxygen atoms in total. The summed E-state index contributed by atoms with van der Waals surface area (Å²) in [6, 6.07) is 0. The van der Waals surface area contributed by atoms with Crippen molar-refractivity contribution in [3.05, 3.63) is 31.6 Å². The predicted molar refractivity (Wildman–Crippen MR) is 63.2 cm³/mol. The molecule has 0 saturated heterocycles. The van der Waals surface area contributed by atoms with E-state index in [2.05, 4.69) is 20.8 Å². The fourth-order valence-corrected chi connectivity index (χ4v) is 1.93. The van der Waals surface area contributed by atoms with Crippen LogP contribution in [0.25, 0.3) is 0 Å². The highest BCUT2D eigenvalue weighted by Gasteiger charge is 2.31. The molecule has 0 aliphatic rings. The van der Waals surface area contributed by atoms with Crippen LogP contribution in [0.5, 0.6) is 0 Å². The molecule has 0 unspecified atom stereocenters. The molecule has 2 heteroatoms. The zero-order chi connectivity index (χ0) is 12.0. The largest absolute Gasteiger partial charge is 0.285 e. The Morgan fingerprint density at radius 3 is 1.67 bits per heavy atom. The van der Waals surface area contributed by atoms with Gasteiger partial charge in [0.2, 0.25) is 10.9 Å². The lowest BCUT2D eigenvalue weighted by atomic mass is 9.75. The predicted octanol–water partition coefficient (Wildman–Crippen LogP) is 2.17. The SMILES string of the molecule is CC(C)(C)Cc1c(C(C)(C)C)c(=O)c1=O. The third-order valence-electron chi connectivity index (χ3n) is 2.47. The van der Waals surface area contributed by atoms with Gasteiger partial charge in [-0.15, -0.1) is 0 Å².